The summed E-state index contributed by atoms with van der Waals surface area (Å²) in [5.74, 6) is -0.118. The van der Waals surface area contributed by atoms with E-state index in [1.807, 2.05) is 13.8 Å². The van der Waals surface area contributed by atoms with Crippen molar-refractivity contribution in [3.05, 3.63) is 29.3 Å². The molecule has 6 heteroatoms. The van der Waals surface area contributed by atoms with Gasteiger partial charge in [0.25, 0.3) is 5.91 Å². The molecule has 1 aromatic rings. The van der Waals surface area contributed by atoms with Gasteiger partial charge in [-0.3, -0.25) is 4.79 Å². The SMILES string of the molecule is CCC(C)N(C)C(=O)c1ccc(S(N)(=O)=O)cc1C. The average Bonchev–Trinajstić information content (AvgIpc) is 2.34. The van der Waals surface area contributed by atoms with Crippen molar-refractivity contribution in [2.45, 2.75) is 38.1 Å². The van der Waals surface area contributed by atoms with E-state index in [1.165, 1.54) is 18.2 Å². The molecule has 0 aliphatic heterocycles. The van der Waals surface area contributed by atoms with Crippen molar-refractivity contribution >= 4 is 15.9 Å². The van der Waals surface area contributed by atoms with Gasteiger partial charge in [0, 0.05) is 18.7 Å². The third-order valence-corrected chi connectivity index (χ3v) is 4.24. The first-order chi connectivity index (χ1) is 8.68. The molecule has 19 heavy (non-hydrogen) atoms. The molecule has 0 bridgehead atoms. The third-order valence-electron chi connectivity index (χ3n) is 3.33. The number of hydrogen-bond donors (Lipinski definition) is 1. The van der Waals surface area contributed by atoms with E-state index in [1.54, 1.807) is 18.9 Å². The number of hydrogen-bond acceptors (Lipinski definition) is 3. The van der Waals surface area contributed by atoms with Crippen LogP contribution in [0.25, 0.3) is 0 Å². The number of rotatable bonds is 4. The summed E-state index contributed by atoms with van der Waals surface area (Å²) in [5, 5.41) is 5.06. The van der Waals surface area contributed by atoms with Gasteiger partial charge in [-0.2, -0.15) is 0 Å². The van der Waals surface area contributed by atoms with Crippen molar-refractivity contribution in [3.63, 3.8) is 0 Å². The molecule has 0 aliphatic rings. The van der Waals surface area contributed by atoms with Gasteiger partial charge in [-0.15, -0.1) is 0 Å². The van der Waals surface area contributed by atoms with Crippen molar-refractivity contribution < 1.29 is 13.2 Å². The standard InChI is InChI=1S/C13H20N2O3S/c1-5-10(3)15(4)13(16)12-7-6-11(8-9(12)2)19(14,17)18/h6-8,10H,5H2,1-4H3,(H2,14,17,18). The molecule has 0 saturated heterocycles. The largest absolute Gasteiger partial charge is 0.339 e. The van der Waals surface area contributed by atoms with Crippen LogP contribution in [-0.2, 0) is 10.0 Å². The van der Waals surface area contributed by atoms with Crippen LogP contribution < -0.4 is 5.14 Å². The Morgan fingerprint density at radius 2 is 2.00 bits per heavy atom. The van der Waals surface area contributed by atoms with E-state index < -0.39 is 10.0 Å². The highest BCUT2D eigenvalue weighted by molar-refractivity contribution is 7.89. The Bertz CT molecular complexity index is 582. The number of nitrogens with zero attached hydrogens (tertiary/aromatic N) is 1. The highest BCUT2D eigenvalue weighted by Crippen LogP contribution is 2.17. The fraction of sp³-hybridized carbons (Fsp3) is 0.462. The smallest absolute Gasteiger partial charge is 0.254 e. The Labute approximate surface area is 114 Å². The van der Waals surface area contributed by atoms with Crippen molar-refractivity contribution in [1.29, 1.82) is 0 Å². The minimum Gasteiger partial charge on any atom is -0.339 e. The first-order valence-corrected chi connectivity index (χ1v) is 7.63. The van der Waals surface area contributed by atoms with Crippen LogP contribution in [-0.4, -0.2) is 32.3 Å². The van der Waals surface area contributed by atoms with E-state index in [0.29, 0.717) is 11.1 Å². The highest BCUT2D eigenvalue weighted by Gasteiger charge is 2.19. The van der Waals surface area contributed by atoms with Crippen LogP contribution >= 0.6 is 0 Å². The molecular formula is C13H20N2O3S. The molecule has 1 unspecified atom stereocenters. The van der Waals surface area contributed by atoms with E-state index in [-0.39, 0.29) is 16.8 Å². The van der Waals surface area contributed by atoms with Gasteiger partial charge in [0.2, 0.25) is 10.0 Å². The van der Waals surface area contributed by atoms with Crippen molar-refractivity contribution in [3.8, 4) is 0 Å². The molecule has 0 spiro atoms. The normalized spacial score (nSPS) is 13.1. The van der Waals surface area contributed by atoms with E-state index in [9.17, 15) is 13.2 Å². The van der Waals surface area contributed by atoms with Gasteiger partial charge in [-0.05, 0) is 44.0 Å². The molecular weight excluding hydrogens is 264 g/mol. The first-order valence-electron chi connectivity index (χ1n) is 6.09. The predicted octanol–water partition coefficient (Wildman–Crippen LogP) is 1.51. The minimum absolute atomic E-state index is 0.0211. The summed E-state index contributed by atoms with van der Waals surface area (Å²) in [6.07, 6.45) is 0.858. The molecule has 106 valence electrons. The summed E-state index contributed by atoms with van der Waals surface area (Å²) in [5.41, 5.74) is 1.10. The van der Waals surface area contributed by atoms with Crippen LogP contribution in [0.2, 0.25) is 0 Å². The molecule has 1 aromatic carbocycles. The topological polar surface area (TPSA) is 80.5 Å². The molecule has 0 saturated carbocycles. The quantitative estimate of drug-likeness (QED) is 0.910. The van der Waals surface area contributed by atoms with Crippen LogP contribution in [0.5, 0.6) is 0 Å². The molecule has 1 atom stereocenters. The summed E-state index contributed by atoms with van der Waals surface area (Å²) >= 11 is 0. The summed E-state index contributed by atoms with van der Waals surface area (Å²) in [6, 6.07) is 4.42. The van der Waals surface area contributed by atoms with E-state index in [4.69, 9.17) is 5.14 Å². The maximum atomic E-state index is 12.3. The monoisotopic (exact) mass is 284 g/mol. The Hall–Kier alpha value is -1.40. The van der Waals surface area contributed by atoms with Crippen molar-refractivity contribution in [2.75, 3.05) is 7.05 Å². The molecule has 0 radical (unpaired) electrons. The zero-order chi connectivity index (χ0) is 14.8. The van der Waals surface area contributed by atoms with Gasteiger partial charge in [0.1, 0.15) is 0 Å². The second-order valence-electron chi connectivity index (χ2n) is 4.70. The predicted molar refractivity (Wildman–Crippen MR) is 74.4 cm³/mol. The number of carbonyl (C=O) groups is 1. The Morgan fingerprint density at radius 3 is 2.42 bits per heavy atom. The van der Waals surface area contributed by atoms with Crippen molar-refractivity contribution in [1.82, 2.24) is 4.90 Å². The molecule has 0 fully saturated rings. The number of primary sulfonamides is 1. The lowest BCUT2D eigenvalue weighted by molar-refractivity contribution is 0.0739. The van der Waals surface area contributed by atoms with E-state index >= 15 is 0 Å². The van der Waals surface area contributed by atoms with Crippen molar-refractivity contribution in [2.24, 2.45) is 5.14 Å². The number of aryl methyl sites for hydroxylation is 1. The lowest BCUT2D eigenvalue weighted by atomic mass is 10.1. The van der Waals surface area contributed by atoms with E-state index in [2.05, 4.69) is 0 Å². The Kier molecular flexibility index (Phi) is 4.70. The van der Waals surface area contributed by atoms with Gasteiger partial charge in [-0.25, -0.2) is 13.6 Å². The zero-order valence-electron chi connectivity index (χ0n) is 11.7. The van der Waals surface area contributed by atoms with Crippen LogP contribution in [0.4, 0.5) is 0 Å². The third kappa shape index (κ3) is 3.54. The molecule has 1 amide bonds. The summed E-state index contributed by atoms with van der Waals surface area (Å²) < 4.78 is 22.5. The molecule has 1 rings (SSSR count). The highest BCUT2D eigenvalue weighted by atomic mass is 32.2. The summed E-state index contributed by atoms with van der Waals surface area (Å²) in [6.45, 7) is 5.67. The van der Waals surface area contributed by atoms with Crippen LogP contribution in [0.3, 0.4) is 0 Å². The van der Waals surface area contributed by atoms with Gasteiger partial charge in [-0.1, -0.05) is 6.92 Å². The Balaban J connectivity index is 3.14. The molecule has 2 N–H and O–H groups in total. The molecule has 0 aliphatic carbocycles. The second-order valence-corrected chi connectivity index (χ2v) is 6.26. The maximum Gasteiger partial charge on any atom is 0.254 e. The van der Waals surface area contributed by atoms with Gasteiger partial charge >= 0.3 is 0 Å². The number of nitrogens with two attached hydrogens (primary N) is 1. The van der Waals surface area contributed by atoms with Crippen LogP contribution in [0, 0.1) is 6.92 Å². The number of sulfonamides is 1. The molecule has 5 nitrogen and oxygen atoms in total. The fourth-order valence-corrected chi connectivity index (χ4v) is 2.32. The zero-order valence-corrected chi connectivity index (χ0v) is 12.5. The van der Waals surface area contributed by atoms with Crippen LogP contribution in [0.1, 0.15) is 36.2 Å². The fourth-order valence-electron chi connectivity index (χ4n) is 1.72. The molecule has 0 heterocycles. The number of carbonyl (C=O) groups excluding carboxylic acids is 1. The van der Waals surface area contributed by atoms with Gasteiger partial charge in [0.15, 0.2) is 0 Å². The average molecular weight is 284 g/mol. The summed E-state index contributed by atoms with van der Waals surface area (Å²) in [4.78, 5) is 13.9. The number of amides is 1. The molecule has 0 aromatic heterocycles. The second kappa shape index (κ2) is 5.71. The van der Waals surface area contributed by atoms with Gasteiger partial charge in [0.05, 0.1) is 4.90 Å². The van der Waals surface area contributed by atoms with E-state index in [0.717, 1.165) is 6.42 Å². The van der Waals surface area contributed by atoms with Crippen LogP contribution in [0.15, 0.2) is 23.1 Å². The lowest BCUT2D eigenvalue weighted by Gasteiger charge is -2.24. The lowest BCUT2D eigenvalue weighted by Crippen LogP contribution is -2.35. The summed E-state index contributed by atoms with van der Waals surface area (Å²) in [7, 11) is -1.99. The minimum atomic E-state index is -3.73. The Morgan fingerprint density at radius 1 is 1.42 bits per heavy atom. The van der Waals surface area contributed by atoms with Gasteiger partial charge < -0.3 is 4.90 Å². The first kappa shape index (κ1) is 15.7. The maximum absolute atomic E-state index is 12.3. The number of benzene rings is 1.